The van der Waals surface area contributed by atoms with Gasteiger partial charge in [-0.15, -0.1) is 0 Å². The molecular formula is C13H18BrN3. The predicted octanol–water partition coefficient (Wildman–Crippen LogP) is 2.71. The van der Waals surface area contributed by atoms with Crippen LogP contribution in [0.25, 0.3) is 0 Å². The van der Waals surface area contributed by atoms with Gasteiger partial charge in [-0.25, -0.2) is 0 Å². The summed E-state index contributed by atoms with van der Waals surface area (Å²) in [5.41, 5.74) is 1.71. The van der Waals surface area contributed by atoms with Crippen LogP contribution in [0.2, 0.25) is 0 Å². The molecule has 0 spiro atoms. The number of rotatable bonds is 5. The van der Waals surface area contributed by atoms with Crippen LogP contribution in [-0.2, 0) is 0 Å². The average Bonchev–Trinajstić information content (AvgIpc) is 2.28. The summed E-state index contributed by atoms with van der Waals surface area (Å²) in [5.74, 6) is 0. The van der Waals surface area contributed by atoms with Gasteiger partial charge in [-0.1, -0.05) is 15.9 Å². The molecular weight excluding hydrogens is 278 g/mol. The lowest BCUT2D eigenvalue weighted by Gasteiger charge is -2.21. The fourth-order valence-electron chi connectivity index (χ4n) is 1.66. The van der Waals surface area contributed by atoms with Crippen molar-refractivity contribution in [2.24, 2.45) is 0 Å². The molecule has 1 aromatic carbocycles. The number of hydrogen-bond acceptors (Lipinski definition) is 3. The lowest BCUT2D eigenvalue weighted by atomic mass is 10.2. The summed E-state index contributed by atoms with van der Waals surface area (Å²) < 4.78 is 1.01. The molecule has 1 aromatic rings. The van der Waals surface area contributed by atoms with E-state index in [1.165, 1.54) is 0 Å². The monoisotopic (exact) mass is 295 g/mol. The van der Waals surface area contributed by atoms with E-state index in [1.807, 2.05) is 25.2 Å². The molecule has 0 unspecified atom stereocenters. The number of halogens is 1. The Kier molecular flexibility index (Phi) is 5.46. The lowest BCUT2D eigenvalue weighted by molar-refractivity contribution is 0.401. The van der Waals surface area contributed by atoms with Crippen LogP contribution in [0.15, 0.2) is 22.7 Å². The zero-order valence-corrected chi connectivity index (χ0v) is 12.2. The minimum absolute atomic E-state index is 0.723. The molecule has 0 bridgehead atoms. The number of hydrogen-bond donors (Lipinski definition) is 0. The summed E-state index contributed by atoms with van der Waals surface area (Å²) in [6.07, 6.45) is 1.08. The summed E-state index contributed by atoms with van der Waals surface area (Å²) in [7, 11) is 6.16. The maximum Gasteiger partial charge on any atom is 0.101 e. The summed E-state index contributed by atoms with van der Waals surface area (Å²) in [6, 6.07) is 7.97. The first-order chi connectivity index (χ1) is 8.04. The first kappa shape index (κ1) is 14.0. The van der Waals surface area contributed by atoms with E-state index in [4.69, 9.17) is 5.26 Å². The van der Waals surface area contributed by atoms with Crippen LogP contribution in [0.1, 0.15) is 12.0 Å². The van der Waals surface area contributed by atoms with Gasteiger partial charge in [-0.05, 0) is 45.3 Å². The van der Waals surface area contributed by atoms with Gasteiger partial charge in [0.25, 0.3) is 0 Å². The van der Waals surface area contributed by atoms with Crippen molar-refractivity contribution in [2.45, 2.75) is 6.42 Å². The van der Waals surface area contributed by atoms with Crippen molar-refractivity contribution in [3.63, 3.8) is 0 Å². The summed E-state index contributed by atoms with van der Waals surface area (Å²) in [6.45, 7) is 2.00. The van der Waals surface area contributed by atoms with Gasteiger partial charge in [0, 0.05) is 18.1 Å². The maximum atomic E-state index is 9.07. The van der Waals surface area contributed by atoms with Gasteiger partial charge >= 0.3 is 0 Å². The largest absolute Gasteiger partial charge is 0.373 e. The van der Waals surface area contributed by atoms with Gasteiger partial charge < -0.3 is 9.80 Å². The fraction of sp³-hybridized carbons (Fsp3) is 0.462. The van der Waals surface area contributed by atoms with Crippen LogP contribution < -0.4 is 4.90 Å². The van der Waals surface area contributed by atoms with Crippen molar-refractivity contribution in [1.29, 1.82) is 5.26 Å². The number of benzene rings is 1. The number of nitrogens with zero attached hydrogens (tertiary/aromatic N) is 3. The molecule has 17 heavy (non-hydrogen) atoms. The van der Waals surface area contributed by atoms with Crippen LogP contribution >= 0.6 is 15.9 Å². The van der Waals surface area contributed by atoms with E-state index in [1.54, 1.807) is 0 Å². The van der Waals surface area contributed by atoms with E-state index in [2.05, 4.69) is 45.9 Å². The zero-order chi connectivity index (χ0) is 12.8. The van der Waals surface area contributed by atoms with E-state index in [9.17, 15) is 0 Å². The Balaban J connectivity index is 2.71. The van der Waals surface area contributed by atoms with Crippen molar-refractivity contribution < 1.29 is 0 Å². The van der Waals surface area contributed by atoms with Crippen LogP contribution in [0.5, 0.6) is 0 Å². The molecule has 0 aliphatic rings. The molecule has 92 valence electrons. The van der Waals surface area contributed by atoms with Gasteiger partial charge in [0.2, 0.25) is 0 Å². The Bertz CT molecular complexity index is 410. The topological polar surface area (TPSA) is 30.3 Å². The van der Waals surface area contributed by atoms with Gasteiger partial charge in [0.15, 0.2) is 0 Å². The second-order valence-electron chi connectivity index (χ2n) is 4.35. The van der Waals surface area contributed by atoms with Crippen molar-refractivity contribution in [2.75, 3.05) is 39.1 Å². The Morgan fingerprint density at radius 2 is 1.94 bits per heavy atom. The standard InChI is InChI=1S/C13H18BrN3/c1-16(2)7-4-8-17(3)13-9-12(14)6-5-11(13)10-15/h5-6,9H,4,7-8H2,1-3H3. The molecule has 0 saturated carbocycles. The van der Waals surface area contributed by atoms with Crippen molar-refractivity contribution in [1.82, 2.24) is 4.90 Å². The third-order valence-corrected chi connectivity index (χ3v) is 3.08. The molecule has 0 amide bonds. The Labute approximate surface area is 112 Å². The highest BCUT2D eigenvalue weighted by Crippen LogP contribution is 2.23. The molecule has 0 fully saturated rings. The summed E-state index contributed by atoms with van der Waals surface area (Å²) in [5, 5.41) is 9.07. The average molecular weight is 296 g/mol. The first-order valence-corrected chi connectivity index (χ1v) is 6.39. The van der Waals surface area contributed by atoms with Crippen LogP contribution in [0.3, 0.4) is 0 Å². The van der Waals surface area contributed by atoms with Gasteiger partial charge in [-0.3, -0.25) is 0 Å². The Hall–Kier alpha value is -1.05. The Morgan fingerprint density at radius 3 is 2.53 bits per heavy atom. The lowest BCUT2D eigenvalue weighted by Crippen LogP contribution is -2.23. The molecule has 4 heteroatoms. The van der Waals surface area contributed by atoms with Crippen LogP contribution in [0, 0.1) is 11.3 Å². The molecule has 0 saturated heterocycles. The molecule has 0 heterocycles. The third-order valence-electron chi connectivity index (χ3n) is 2.59. The minimum Gasteiger partial charge on any atom is -0.373 e. The maximum absolute atomic E-state index is 9.07. The van der Waals surface area contributed by atoms with Crippen LogP contribution in [-0.4, -0.2) is 39.1 Å². The van der Waals surface area contributed by atoms with E-state index < -0.39 is 0 Å². The molecule has 0 aliphatic heterocycles. The van der Waals surface area contributed by atoms with E-state index >= 15 is 0 Å². The zero-order valence-electron chi connectivity index (χ0n) is 10.6. The van der Waals surface area contributed by atoms with Crippen molar-refractivity contribution in [3.8, 4) is 6.07 Å². The highest BCUT2D eigenvalue weighted by molar-refractivity contribution is 9.10. The normalized spacial score (nSPS) is 10.4. The predicted molar refractivity (Wildman–Crippen MR) is 75.3 cm³/mol. The van der Waals surface area contributed by atoms with E-state index in [0.29, 0.717) is 0 Å². The molecule has 0 N–H and O–H groups in total. The SMILES string of the molecule is CN(C)CCCN(C)c1cc(Br)ccc1C#N. The van der Waals surface area contributed by atoms with Gasteiger partial charge in [0.05, 0.1) is 11.3 Å². The first-order valence-electron chi connectivity index (χ1n) is 5.60. The van der Waals surface area contributed by atoms with Crippen molar-refractivity contribution >= 4 is 21.6 Å². The highest BCUT2D eigenvalue weighted by Gasteiger charge is 2.07. The van der Waals surface area contributed by atoms with Crippen molar-refractivity contribution in [3.05, 3.63) is 28.2 Å². The second-order valence-corrected chi connectivity index (χ2v) is 5.27. The Morgan fingerprint density at radius 1 is 1.24 bits per heavy atom. The van der Waals surface area contributed by atoms with Gasteiger partial charge in [-0.2, -0.15) is 5.26 Å². The molecule has 1 rings (SSSR count). The second kappa shape index (κ2) is 6.63. The molecule has 0 atom stereocenters. The summed E-state index contributed by atoms with van der Waals surface area (Å²) >= 11 is 3.44. The number of nitriles is 1. The smallest absolute Gasteiger partial charge is 0.101 e. The minimum atomic E-state index is 0.723. The van der Waals surface area contributed by atoms with E-state index in [0.717, 1.165) is 35.2 Å². The summed E-state index contributed by atoms with van der Waals surface area (Å²) in [4.78, 5) is 4.30. The highest BCUT2D eigenvalue weighted by atomic mass is 79.9. The van der Waals surface area contributed by atoms with Gasteiger partial charge in [0.1, 0.15) is 6.07 Å². The molecule has 0 aliphatic carbocycles. The quantitative estimate of drug-likeness (QED) is 0.837. The number of anilines is 1. The fourth-order valence-corrected chi connectivity index (χ4v) is 2.01. The molecule has 0 radical (unpaired) electrons. The van der Waals surface area contributed by atoms with E-state index in [-0.39, 0.29) is 0 Å². The third kappa shape index (κ3) is 4.37. The van der Waals surface area contributed by atoms with Crippen LogP contribution in [0.4, 0.5) is 5.69 Å². The molecule has 3 nitrogen and oxygen atoms in total. The molecule has 0 aromatic heterocycles.